The van der Waals surface area contributed by atoms with Gasteiger partial charge in [-0.1, -0.05) is 6.07 Å². The van der Waals surface area contributed by atoms with Crippen LogP contribution in [0.15, 0.2) is 34.9 Å². The van der Waals surface area contributed by atoms with Crippen molar-refractivity contribution in [2.75, 3.05) is 11.9 Å². The number of rotatable bonds is 2. The lowest BCUT2D eigenvalue weighted by Gasteiger charge is -2.20. The zero-order valence-corrected chi connectivity index (χ0v) is 12.9. The molecule has 0 unspecified atom stereocenters. The summed E-state index contributed by atoms with van der Waals surface area (Å²) >= 11 is 3.49. The quantitative estimate of drug-likeness (QED) is 0.815. The molecule has 0 saturated carbocycles. The first kappa shape index (κ1) is 12.7. The summed E-state index contributed by atoms with van der Waals surface area (Å²) in [6.45, 7) is 2.09. The van der Waals surface area contributed by atoms with Crippen molar-refractivity contribution in [3.8, 4) is 0 Å². The summed E-state index contributed by atoms with van der Waals surface area (Å²) in [4.78, 5) is 6.64. The molecule has 0 spiro atoms. The lowest BCUT2D eigenvalue weighted by atomic mass is 10.1. The van der Waals surface area contributed by atoms with E-state index in [-0.39, 0.29) is 0 Å². The van der Waals surface area contributed by atoms with Crippen LogP contribution in [0.4, 0.5) is 11.5 Å². The van der Waals surface area contributed by atoms with E-state index in [0.29, 0.717) is 0 Å². The van der Waals surface area contributed by atoms with Crippen molar-refractivity contribution < 1.29 is 0 Å². The van der Waals surface area contributed by atoms with Gasteiger partial charge in [-0.2, -0.15) is 0 Å². The molecule has 3 rings (SSSR count). The third kappa shape index (κ3) is 2.39. The van der Waals surface area contributed by atoms with E-state index in [9.17, 15) is 0 Å². The van der Waals surface area contributed by atoms with Crippen LogP contribution in [-0.2, 0) is 12.8 Å². The maximum Gasteiger partial charge on any atom is 0.132 e. The van der Waals surface area contributed by atoms with Gasteiger partial charge in [0.2, 0.25) is 0 Å². The third-order valence-corrected chi connectivity index (χ3v) is 4.68. The van der Waals surface area contributed by atoms with E-state index in [0.717, 1.165) is 10.3 Å². The van der Waals surface area contributed by atoms with E-state index in [4.69, 9.17) is 0 Å². The Kier molecular flexibility index (Phi) is 3.31. The van der Waals surface area contributed by atoms with E-state index in [1.165, 1.54) is 41.6 Å². The van der Waals surface area contributed by atoms with E-state index in [1.807, 2.05) is 6.20 Å². The predicted molar refractivity (Wildman–Crippen MR) is 83.2 cm³/mol. The summed E-state index contributed by atoms with van der Waals surface area (Å²) in [5.74, 6) is 0.985. The molecule has 3 heteroatoms. The SMILES string of the molecule is Cc1cc(N(C)c2ccc3c(c2)CCC3)ncc1Br. The molecular weight excluding hydrogens is 300 g/mol. The van der Waals surface area contributed by atoms with Crippen LogP contribution in [0.3, 0.4) is 0 Å². The molecule has 0 amide bonds. The van der Waals surface area contributed by atoms with Crippen molar-refractivity contribution in [2.24, 2.45) is 0 Å². The fraction of sp³-hybridized carbons (Fsp3) is 0.312. The molecule has 0 bridgehead atoms. The molecule has 0 fully saturated rings. The lowest BCUT2D eigenvalue weighted by molar-refractivity contribution is 0.911. The standard InChI is InChI=1S/C16H17BrN2/c1-11-8-16(18-10-15(11)17)19(2)14-7-6-12-4-3-5-13(12)9-14/h6-10H,3-5H2,1-2H3. The molecule has 1 aliphatic carbocycles. The van der Waals surface area contributed by atoms with Gasteiger partial charge in [0.05, 0.1) is 0 Å². The molecule has 1 aromatic heterocycles. The van der Waals surface area contributed by atoms with Crippen LogP contribution in [0.25, 0.3) is 0 Å². The summed E-state index contributed by atoms with van der Waals surface area (Å²) < 4.78 is 1.05. The molecule has 0 radical (unpaired) electrons. The van der Waals surface area contributed by atoms with Gasteiger partial charge < -0.3 is 4.90 Å². The van der Waals surface area contributed by atoms with Crippen molar-refractivity contribution in [2.45, 2.75) is 26.2 Å². The molecule has 0 saturated heterocycles. The highest BCUT2D eigenvalue weighted by atomic mass is 79.9. The van der Waals surface area contributed by atoms with Crippen LogP contribution in [-0.4, -0.2) is 12.0 Å². The van der Waals surface area contributed by atoms with Gasteiger partial charge in [0.25, 0.3) is 0 Å². The molecule has 1 heterocycles. The Bertz CT molecular complexity index is 622. The number of pyridine rings is 1. The Balaban J connectivity index is 1.94. The lowest BCUT2D eigenvalue weighted by Crippen LogP contribution is -2.11. The highest BCUT2D eigenvalue weighted by Gasteiger charge is 2.13. The van der Waals surface area contributed by atoms with Crippen molar-refractivity contribution in [3.05, 3.63) is 51.6 Å². The van der Waals surface area contributed by atoms with E-state index >= 15 is 0 Å². The first-order valence-electron chi connectivity index (χ1n) is 6.63. The number of aromatic nitrogens is 1. The highest BCUT2D eigenvalue weighted by Crippen LogP contribution is 2.30. The van der Waals surface area contributed by atoms with Gasteiger partial charge in [0.15, 0.2) is 0 Å². The van der Waals surface area contributed by atoms with Gasteiger partial charge in [-0.05, 0) is 77.0 Å². The summed E-state index contributed by atoms with van der Waals surface area (Å²) in [7, 11) is 2.08. The van der Waals surface area contributed by atoms with Crippen molar-refractivity contribution in [1.82, 2.24) is 4.98 Å². The van der Waals surface area contributed by atoms with Crippen molar-refractivity contribution in [3.63, 3.8) is 0 Å². The van der Waals surface area contributed by atoms with E-state index in [1.54, 1.807) is 0 Å². The Morgan fingerprint density at radius 2 is 1.95 bits per heavy atom. The summed E-state index contributed by atoms with van der Waals surface area (Å²) in [6, 6.07) is 8.88. The van der Waals surface area contributed by atoms with Gasteiger partial charge in [-0.3, -0.25) is 0 Å². The topological polar surface area (TPSA) is 16.1 Å². The van der Waals surface area contributed by atoms with E-state index in [2.05, 4.69) is 64.1 Å². The fourth-order valence-corrected chi connectivity index (χ4v) is 2.82. The van der Waals surface area contributed by atoms with Crippen molar-refractivity contribution >= 4 is 27.4 Å². The number of nitrogens with zero attached hydrogens (tertiary/aromatic N) is 2. The Labute approximate surface area is 122 Å². The smallest absolute Gasteiger partial charge is 0.132 e. The molecule has 0 N–H and O–H groups in total. The highest BCUT2D eigenvalue weighted by molar-refractivity contribution is 9.10. The minimum absolute atomic E-state index is 0.985. The number of hydrogen-bond acceptors (Lipinski definition) is 2. The second-order valence-electron chi connectivity index (χ2n) is 5.16. The number of hydrogen-bond donors (Lipinski definition) is 0. The van der Waals surface area contributed by atoms with Gasteiger partial charge in [0, 0.05) is 23.4 Å². The zero-order chi connectivity index (χ0) is 13.4. The van der Waals surface area contributed by atoms with Gasteiger partial charge >= 0.3 is 0 Å². The van der Waals surface area contributed by atoms with Crippen LogP contribution in [0.2, 0.25) is 0 Å². The van der Waals surface area contributed by atoms with Crippen LogP contribution in [0, 0.1) is 6.92 Å². The first-order valence-corrected chi connectivity index (χ1v) is 7.42. The number of fused-ring (bicyclic) bond motifs is 1. The van der Waals surface area contributed by atoms with E-state index < -0.39 is 0 Å². The largest absolute Gasteiger partial charge is 0.329 e. The molecule has 1 aliphatic rings. The molecule has 19 heavy (non-hydrogen) atoms. The number of anilines is 2. The molecule has 1 aromatic carbocycles. The van der Waals surface area contributed by atoms with Gasteiger partial charge in [-0.15, -0.1) is 0 Å². The Morgan fingerprint density at radius 1 is 1.16 bits per heavy atom. The molecule has 2 nitrogen and oxygen atoms in total. The zero-order valence-electron chi connectivity index (χ0n) is 11.3. The summed E-state index contributed by atoms with van der Waals surface area (Å²) in [5.41, 5.74) is 5.43. The monoisotopic (exact) mass is 316 g/mol. The molecular formula is C16H17BrN2. The Hall–Kier alpha value is -1.35. The third-order valence-electron chi connectivity index (χ3n) is 3.85. The number of benzene rings is 1. The average Bonchev–Trinajstić information content (AvgIpc) is 2.88. The second kappa shape index (κ2) is 4.97. The Morgan fingerprint density at radius 3 is 2.74 bits per heavy atom. The molecule has 0 atom stereocenters. The maximum atomic E-state index is 4.49. The molecule has 2 aromatic rings. The summed E-state index contributed by atoms with van der Waals surface area (Å²) in [6.07, 6.45) is 5.60. The second-order valence-corrected chi connectivity index (χ2v) is 6.01. The normalized spacial score (nSPS) is 13.4. The minimum atomic E-state index is 0.985. The summed E-state index contributed by atoms with van der Waals surface area (Å²) in [5, 5.41) is 0. The van der Waals surface area contributed by atoms with Crippen LogP contribution in [0.5, 0.6) is 0 Å². The van der Waals surface area contributed by atoms with Gasteiger partial charge in [-0.25, -0.2) is 4.98 Å². The van der Waals surface area contributed by atoms with Crippen LogP contribution >= 0.6 is 15.9 Å². The maximum absolute atomic E-state index is 4.49. The number of halogens is 1. The van der Waals surface area contributed by atoms with Crippen LogP contribution in [0.1, 0.15) is 23.1 Å². The number of aryl methyl sites for hydroxylation is 3. The average molecular weight is 317 g/mol. The fourth-order valence-electron chi connectivity index (χ4n) is 2.61. The first-order chi connectivity index (χ1) is 9.15. The van der Waals surface area contributed by atoms with Crippen LogP contribution < -0.4 is 4.90 Å². The molecule has 0 aliphatic heterocycles. The predicted octanol–water partition coefficient (Wildman–Crippen LogP) is 4.41. The van der Waals surface area contributed by atoms with Crippen molar-refractivity contribution in [1.29, 1.82) is 0 Å². The minimum Gasteiger partial charge on any atom is -0.329 e. The van der Waals surface area contributed by atoms with Gasteiger partial charge in [0.1, 0.15) is 5.82 Å². The molecule has 98 valence electrons.